The highest BCUT2D eigenvalue weighted by atomic mass is 16.5. The highest BCUT2D eigenvalue weighted by Crippen LogP contribution is 2.36. The van der Waals surface area contributed by atoms with Gasteiger partial charge >= 0.3 is 0 Å². The molecule has 0 spiro atoms. The van der Waals surface area contributed by atoms with Crippen LogP contribution in [0.25, 0.3) is 0 Å². The van der Waals surface area contributed by atoms with Crippen molar-refractivity contribution in [3.8, 4) is 0 Å². The smallest absolute Gasteiger partial charge is 0.271 e. The Morgan fingerprint density at radius 2 is 2.00 bits per heavy atom. The first-order valence-electron chi connectivity index (χ1n) is 8.62. The minimum absolute atomic E-state index is 0.120. The van der Waals surface area contributed by atoms with E-state index in [1.165, 1.54) is 38.3 Å². The Labute approximate surface area is 137 Å². The van der Waals surface area contributed by atoms with Crippen LogP contribution in [-0.4, -0.2) is 60.2 Å². The van der Waals surface area contributed by atoms with Gasteiger partial charge in [-0.2, -0.15) is 0 Å². The van der Waals surface area contributed by atoms with E-state index >= 15 is 0 Å². The van der Waals surface area contributed by atoms with E-state index in [1.54, 1.807) is 12.4 Å². The Kier molecular flexibility index (Phi) is 5.56. The van der Waals surface area contributed by atoms with Crippen LogP contribution in [-0.2, 0) is 4.74 Å². The molecule has 1 aliphatic carbocycles. The fourth-order valence-electron chi connectivity index (χ4n) is 3.70. The largest absolute Gasteiger partial charge is 0.379 e. The predicted molar refractivity (Wildman–Crippen MR) is 87.1 cm³/mol. The third-order valence-corrected chi connectivity index (χ3v) is 5.00. The van der Waals surface area contributed by atoms with E-state index in [0.717, 1.165) is 39.4 Å². The van der Waals surface area contributed by atoms with Gasteiger partial charge in [0.25, 0.3) is 5.91 Å². The fourth-order valence-corrected chi connectivity index (χ4v) is 3.70. The maximum atomic E-state index is 12.3. The van der Waals surface area contributed by atoms with Gasteiger partial charge in [0.05, 0.1) is 19.4 Å². The van der Waals surface area contributed by atoms with Crippen molar-refractivity contribution in [1.82, 2.24) is 20.2 Å². The molecule has 0 unspecified atom stereocenters. The van der Waals surface area contributed by atoms with Crippen molar-refractivity contribution in [3.63, 3.8) is 0 Å². The molecule has 0 atom stereocenters. The van der Waals surface area contributed by atoms with Gasteiger partial charge in [-0.15, -0.1) is 0 Å². The second-order valence-electron chi connectivity index (χ2n) is 6.72. The van der Waals surface area contributed by atoms with Crippen LogP contribution in [0.15, 0.2) is 18.6 Å². The number of carbonyl (C=O) groups is 1. The monoisotopic (exact) mass is 318 g/mol. The van der Waals surface area contributed by atoms with Gasteiger partial charge in [0.2, 0.25) is 0 Å². The summed E-state index contributed by atoms with van der Waals surface area (Å²) in [6.07, 6.45) is 10.8. The average molecular weight is 318 g/mol. The summed E-state index contributed by atoms with van der Waals surface area (Å²) in [6, 6.07) is 0. The van der Waals surface area contributed by atoms with Crippen LogP contribution in [0.2, 0.25) is 0 Å². The molecule has 6 nitrogen and oxygen atoms in total. The number of hydrogen-bond donors (Lipinski definition) is 1. The van der Waals surface area contributed by atoms with Gasteiger partial charge in [-0.1, -0.05) is 19.3 Å². The standard InChI is InChI=1S/C17H26N4O2/c22-16(15-12-18-6-7-19-15)20-13-17(4-2-1-3-5-17)14-21-8-10-23-11-9-21/h6-7,12H,1-5,8-11,13-14H2,(H,20,22). The molecule has 1 amide bonds. The molecule has 1 saturated carbocycles. The van der Waals surface area contributed by atoms with Crippen molar-refractivity contribution in [3.05, 3.63) is 24.3 Å². The molecule has 0 aromatic carbocycles. The third-order valence-electron chi connectivity index (χ3n) is 5.00. The second-order valence-corrected chi connectivity index (χ2v) is 6.72. The molecule has 23 heavy (non-hydrogen) atoms. The Morgan fingerprint density at radius 3 is 2.70 bits per heavy atom. The van der Waals surface area contributed by atoms with E-state index in [9.17, 15) is 4.79 Å². The van der Waals surface area contributed by atoms with Gasteiger partial charge in [0.15, 0.2) is 0 Å². The molecule has 0 radical (unpaired) electrons. The van der Waals surface area contributed by atoms with E-state index in [2.05, 4.69) is 20.2 Å². The van der Waals surface area contributed by atoms with Gasteiger partial charge in [0, 0.05) is 44.0 Å². The van der Waals surface area contributed by atoms with Crippen molar-refractivity contribution >= 4 is 5.91 Å². The SMILES string of the molecule is O=C(NCC1(CN2CCOCC2)CCCCC1)c1cnccn1. The molecule has 1 N–H and O–H groups in total. The zero-order valence-electron chi connectivity index (χ0n) is 13.7. The molecule has 6 heteroatoms. The summed E-state index contributed by atoms with van der Waals surface area (Å²) in [6.45, 7) is 5.42. The Morgan fingerprint density at radius 1 is 1.22 bits per heavy atom. The minimum Gasteiger partial charge on any atom is -0.379 e. The summed E-state index contributed by atoms with van der Waals surface area (Å²) in [4.78, 5) is 22.8. The maximum Gasteiger partial charge on any atom is 0.271 e. The first-order valence-corrected chi connectivity index (χ1v) is 8.62. The van der Waals surface area contributed by atoms with Crippen molar-refractivity contribution < 1.29 is 9.53 Å². The summed E-state index contributed by atoms with van der Waals surface area (Å²) in [5.41, 5.74) is 0.581. The van der Waals surface area contributed by atoms with Gasteiger partial charge in [-0.3, -0.25) is 14.7 Å². The maximum absolute atomic E-state index is 12.3. The summed E-state index contributed by atoms with van der Waals surface area (Å²) in [5.74, 6) is -0.120. The number of rotatable bonds is 5. The van der Waals surface area contributed by atoms with E-state index in [0.29, 0.717) is 5.69 Å². The average Bonchev–Trinajstić information content (AvgIpc) is 2.62. The number of nitrogens with one attached hydrogen (secondary N) is 1. The van der Waals surface area contributed by atoms with Crippen LogP contribution >= 0.6 is 0 Å². The molecule has 1 aromatic heterocycles. The molecule has 1 aromatic rings. The number of hydrogen-bond acceptors (Lipinski definition) is 5. The van der Waals surface area contributed by atoms with Crippen LogP contribution in [0.3, 0.4) is 0 Å². The number of aromatic nitrogens is 2. The Hall–Kier alpha value is -1.53. The molecule has 1 saturated heterocycles. The van der Waals surface area contributed by atoms with Crippen molar-refractivity contribution in [2.45, 2.75) is 32.1 Å². The number of amides is 1. The van der Waals surface area contributed by atoms with Gasteiger partial charge in [-0.05, 0) is 12.8 Å². The zero-order chi connectivity index (χ0) is 16.0. The lowest BCUT2D eigenvalue weighted by molar-refractivity contribution is 0.00727. The quantitative estimate of drug-likeness (QED) is 0.891. The lowest BCUT2D eigenvalue weighted by atomic mass is 9.73. The van der Waals surface area contributed by atoms with E-state index in [4.69, 9.17) is 4.74 Å². The molecular weight excluding hydrogens is 292 g/mol. The van der Waals surface area contributed by atoms with Gasteiger partial charge in [0.1, 0.15) is 5.69 Å². The van der Waals surface area contributed by atoms with Gasteiger partial charge in [-0.25, -0.2) is 4.98 Å². The Balaban J connectivity index is 1.60. The van der Waals surface area contributed by atoms with Crippen LogP contribution < -0.4 is 5.32 Å². The van der Waals surface area contributed by atoms with Crippen LogP contribution in [0.4, 0.5) is 0 Å². The number of morpholine rings is 1. The molecule has 1 aliphatic heterocycles. The van der Waals surface area contributed by atoms with E-state index in [-0.39, 0.29) is 11.3 Å². The topological polar surface area (TPSA) is 67.4 Å². The molecule has 2 heterocycles. The molecule has 126 valence electrons. The zero-order valence-corrected chi connectivity index (χ0v) is 13.7. The molecule has 2 aliphatic rings. The normalized spacial score (nSPS) is 21.7. The highest BCUT2D eigenvalue weighted by Gasteiger charge is 2.34. The lowest BCUT2D eigenvalue weighted by Gasteiger charge is -2.42. The van der Waals surface area contributed by atoms with Crippen LogP contribution in [0, 0.1) is 5.41 Å². The summed E-state index contributed by atoms with van der Waals surface area (Å²) < 4.78 is 5.45. The van der Waals surface area contributed by atoms with Crippen LogP contribution in [0.5, 0.6) is 0 Å². The first kappa shape index (κ1) is 16.3. The summed E-state index contributed by atoms with van der Waals surface area (Å²) >= 11 is 0. The minimum atomic E-state index is -0.120. The Bertz CT molecular complexity index is 497. The highest BCUT2D eigenvalue weighted by molar-refractivity contribution is 5.91. The van der Waals surface area contributed by atoms with E-state index in [1.807, 2.05) is 0 Å². The van der Waals surface area contributed by atoms with Crippen molar-refractivity contribution in [2.75, 3.05) is 39.4 Å². The second kappa shape index (κ2) is 7.84. The lowest BCUT2D eigenvalue weighted by Crippen LogP contribution is -2.49. The number of nitrogens with zero attached hydrogens (tertiary/aromatic N) is 3. The molecule has 3 rings (SSSR count). The van der Waals surface area contributed by atoms with Gasteiger partial charge < -0.3 is 10.1 Å². The molecule has 2 fully saturated rings. The first-order chi connectivity index (χ1) is 11.3. The van der Waals surface area contributed by atoms with Crippen molar-refractivity contribution in [2.24, 2.45) is 5.41 Å². The number of ether oxygens (including phenoxy) is 1. The van der Waals surface area contributed by atoms with E-state index < -0.39 is 0 Å². The van der Waals surface area contributed by atoms with Crippen LogP contribution in [0.1, 0.15) is 42.6 Å². The van der Waals surface area contributed by atoms with Crippen molar-refractivity contribution in [1.29, 1.82) is 0 Å². The number of carbonyl (C=O) groups excluding carboxylic acids is 1. The fraction of sp³-hybridized carbons (Fsp3) is 0.706. The third kappa shape index (κ3) is 4.48. The molecule has 0 bridgehead atoms. The summed E-state index contributed by atoms with van der Waals surface area (Å²) in [5, 5.41) is 3.10. The molecular formula is C17H26N4O2. The predicted octanol–water partition coefficient (Wildman–Crippen LogP) is 1.49. The summed E-state index contributed by atoms with van der Waals surface area (Å²) in [7, 11) is 0.